The van der Waals surface area contributed by atoms with Crippen molar-refractivity contribution in [1.29, 1.82) is 0 Å². The highest BCUT2D eigenvalue weighted by molar-refractivity contribution is 5.76. The number of ether oxygens (including phenoxy) is 3. The minimum atomic E-state index is -0.111. The Kier molecular flexibility index (Phi) is 6.91. The largest absolute Gasteiger partial charge is 0.493 e. The summed E-state index contributed by atoms with van der Waals surface area (Å²) in [6.07, 6.45) is 4.32. The molecule has 0 bridgehead atoms. The van der Waals surface area contributed by atoms with Gasteiger partial charge in [-0.1, -0.05) is 19.4 Å². The van der Waals surface area contributed by atoms with Gasteiger partial charge in [-0.05, 0) is 37.0 Å². The summed E-state index contributed by atoms with van der Waals surface area (Å²) >= 11 is 0. The molecule has 1 aromatic carbocycles. The summed E-state index contributed by atoms with van der Waals surface area (Å²) < 4.78 is 16.3. The topological polar surface area (TPSA) is 56.8 Å². The molecule has 0 radical (unpaired) electrons. The Bertz CT molecular complexity index is 538. The number of hydrogen-bond acceptors (Lipinski definition) is 4. The van der Waals surface area contributed by atoms with E-state index >= 15 is 0 Å². The summed E-state index contributed by atoms with van der Waals surface area (Å²) in [6.45, 7) is 4.14. The maximum Gasteiger partial charge on any atom is 0.220 e. The first kappa shape index (κ1) is 18.6. The molecule has 1 aliphatic heterocycles. The van der Waals surface area contributed by atoms with Gasteiger partial charge in [-0.25, -0.2) is 0 Å². The Balaban J connectivity index is 2.19. The molecular weight excluding hydrogens is 306 g/mol. The molecule has 2 rings (SSSR count). The Morgan fingerprint density at radius 2 is 1.92 bits per heavy atom. The highest BCUT2D eigenvalue weighted by Gasteiger charge is 2.35. The summed E-state index contributed by atoms with van der Waals surface area (Å²) in [5.74, 6) is 1.57. The van der Waals surface area contributed by atoms with Crippen LogP contribution in [0, 0.1) is 0 Å². The van der Waals surface area contributed by atoms with Gasteiger partial charge in [0.2, 0.25) is 5.91 Å². The van der Waals surface area contributed by atoms with E-state index in [9.17, 15) is 4.79 Å². The van der Waals surface area contributed by atoms with Crippen molar-refractivity contribution < 1.29 is 19.0 Å². The molecule has 1 saturated heterocycles. The van der Waals surface area contributed by atoms with Crippen molar-refractivity contribution in [3.05, 3.63) is 23.8 Å². The average molecular weight is 335 g/mol. The van der Waals surface area contributed by atoms with Crippen molar-refractivity contribution in [2.24, 2.45) is 0 Å². The van der Waals surface area contributed by atoms with Crippen LogP contribution in [0.1, 0.15) is 44.6 Å². The molecule has 0 spiro atoms. The van der Waals surface area contributed by atoms with Gasteiger partial charge in [0.1, 0.15) is 0 Å². The summed E-state index contributed by atoms with van der Waals surface area (Å²) in [6, 6.07) is 6.04. The summed E-state index contributed by atoms with van der Waals surface area (Å²) in [5, 5.41) is 3.13. The Morgan fingerprint density at radius 1 is 1.21 bits per heavy atom. The molecule has 1 amide bonds. The molecule has 1 N–H and O–H groups in total. The summed E-state index contributed by atoms with van der Waals surface area (Å²) in [5.41, 5.74) is 1.05. The molecule has 0 aliphatic carbocycles. The summed E-state index contributed by atoms with van der Waals surface area (Å²) in [4.78, 5) is 12.1. The van der Waals surface area contributed by atoms with Crippen molar-refractivity contribution in [1.82, 2.24) is 5.32 Å². The molecule has 134 valence electrons. The van der Waals surface area contributed by atoms with Crippen LogP contribution in [0.3, 0.4) is 0 Å². The third kappa shape index (κ3) is 4.41. The minimum Gasteiger partial charge on any atom is -0.493 e. The van der Waals surface area contributed by atoms with Crippen LogP contribution in [-0.2, 0) is 14.9 Å². The van der Waals surface area contributed by atoms with E-state index in [1.54, 1.807) is 14.2 Å². The number of rotatable bonds is 8. The van der Waals surface area contributed by atoms with Crippen molar-refractivity contribution in [2.45, 2.75) is 44.4 Å². The molecule has 0 unspecified atom stereocenters. The number of methoxy groups -OCH3 is 2. The van der Waals surface area contributed by atoms with Gasteiger partial charge < -0.3 is 19.5 Å². The second-order valence-electron chi connectivity index (χ2n) is 6.34. The van der Waals surface area contributed by atoms with E-state index in [0.717, 1.165) is 37.2 Å². The predicted octanol–water partition coefficient (Wildman–Crippen LogP) is 3.06. The lowest BCUT2D eigenvalue weighted by atomic mass is 9.74. The monoisotopic (exact) mass is 335 g/mol. The van der Waals surface area contributed by atoms with E-state index in [2.05, 4.69) is 18.3 Å². The fourth-order valence-electron chi connectivity index (χ4n) is 3.19. The number of carbonyl (C=O) groups excluding carboxylic acids is 1. The molecule has 0 saturated carbocycles. The Labute approximate surface area is 144 Å². The SMILES string of the molecule is CCCCC(=O)NCC1(c2ccc(OC)c(OC)c2)CCOCC1. The first-order chi connectivity index (χ1) is 11.6. The molecular formula is C19H29NO4. The smallest absolute Gasteiger partial charge is 0.220 e. The van der Waals surface area contributed by atoms with E-state index in [1.165, 1.54) is 5.56 Å². The van der Waals surface area contributed by atoms with Crippen LogP contribution in [0.5, 0.6) is 11.5 Å². The Morgan fingerprint density at radius 3 is 2.54 bits per heavy atom. The zero-order valence-electron chi connectivity index (χ0n) is 15.0. The van der Waals surface area contributed by atoms with Crippen molar-refractivity contribution in [2.75, 3.05) is 34.0 Å². The third-order valence-electron chi connectivity index (χ3n) is 4.83. The zero-order chi connectivity index (χ0) is 17.4. The van der Waals surface area contributed by atoms with Crippen molar-refractivity contribution >= 4 is 5.91 Å². The minimum absolute atomic E-state index is 0.111. The molecule has 0 aromatic heterocycles. The van der Waals surface area contributed by atoms with Crippen LogP contribution in [0.2, 0.25) is 0 Å². The molecule has 5 heteroatoms. The second-order valence-corrected chi connectivity index (χ2v) is 6.34. The first-order valence-corrected chi connectivity index (χ1v) is 8.72. The van der Waals surface area contributed by atoms with Crippen LogP contribution in [0.25, 0.3) is 0 Å². The maximum atomic E-state index is 12.1. The van der Waals surface area contributed by atoms with Crippen molar-refractivity contribution in [3.63, 3.8) is 0 Å². The van der Waals surface area contributed by atoms with Crippen LogP contribution < -0.4 is 14.8 Å². The van der Waals surface area contributed by atoms with E-state index < -0.39 is 0 Å². The van der Waals surface area contributed by atoms with E-state index in [0.29, 0.717) is 26.2 Å². The fraction of sp³-hybridized carbons (Fsp3) is 0.632. The van der Waals surface area contributed by atoms with Crippen LogP contribution in [0.15, 0.2) is 18.2 Å². The molecule has 5 nitrogen and oxygen atoms in total. The molecule has 1 fully saturated rings. The van der Waals surface area contributed by atoms with E-state index in [1.807, 2.05) is 12.1 Å². The fourth-order valence-corrected chi connectivity index (χ4v) is 3.19. The summed E-state index contributed by atoms with van der Waals surface area (Å²) in [7, 11) is 3.28. The number of amides is 1. The highest BCUT2D eigenvalue weighted by atomic mass is 16.5. The number of benzene rings is 1. The number of carbonyl (C=O) groups is 1. The number of unbranched alkanes of at least 4 members (excludes halogenated alkanes) is 1. The van der Waals surface area contributed by atoms with Gasteiger partial charge in [-0.15, -0.1) is 0 Å². The lowest BCUT2D eigenvalue weighted by molar-refractivity contribution is -0.121. The van der Waals surface area contributed by atoms with Gasteiger partial charge in [0, 0.05) is 31.6 Å². The van der Waals surface area contributed by atoms with Gasteiger partial charge >= 0.3 is 0 Å². The maximum absolute atomic E-state index is 12.1. The third-order valence-corrected chi connectivity index (χ3v) is 4.83. The van der Waals surface area contributed by atoms with Crippen LogP contribution in [-0.4, -0.2) is 39.9 Å². The lowest BCUT2D eigenvalue weighted by Gasteiger charge is -2.38. The molecule has 1 aromatic rings. The van der Waals surface area contributed by atoms with Gasteiger partial charge in [0.25, 0.3) is 0 Å². The predicted molar refractivity (Wildman–Crippen MR) is 93.8 cm³/mol. The molecule has 24 heavy (non-hydrogen) atoms. The Hall–Kier alpha value is -1.75. The molecule has 0 atom stereocenters. The van der Waals surface area contributed by atoms with Crippen LogP contribution in [0.4, 0.5) is 0 Å². The van der Waals surface area contributed by atoms with Gasteiger partial charge in [-0.2, -0.15) is 0 Å². The molecule has 1 aliphatic rings. The average Bonchev–Trinajstić information content (AvgIpc) is 2.64. The second kappa shape index (κ2) is 8.92. The van der Waals surface area contributed by atoms with Crippen molar-refractivity contribution in [3.8, 4) is 11.5 Å². The normalized spacial score (nSPS) is 16.5. The zero-order valence-corrected chi connectivity index (χ0v) is 15.0. The van der Waals surface area contributed by atoms with E-state index in [4.69, 9.17) is 14.2 Å². The van der Waals surface area contributed by atoms with E-state index in [-0.39, 0.29) is 11.3 Å². The lowest BCUT2D eigenvalue weighted by Crippen LogP contribution is -2.44. The van der Waals surface area contributed by atoms with Gasteiger partial charge in [0.05, 0.1) is 14.2 Å². The highest BCUT2D eigenvalue weighted by Crippen LogP contribution is 2.38. The first-order valence-electron chi connectivity index (χ1n) is 8.72. The van der Waals surface area contributed by atoms with Gasteiger partial charge in [0.15, 0.2) is 11.5 Å². The van der Waals surface area contributed by atoms with Crippen LogP contribution >= 0.6 is 0 Å². The quantitative estimate of drug-likeness (QED) is 0.793. The number of nitrogens with one attached hydrogen (secondary N) is 1. The number of hydrogen-bond donors (Lipinski definition) is 1. The van der Waals surface area contributed by atoms with Gasteiger partial charge in [-0.3, -0.25) is 4.79 Å². The molecule has 1 heterocycles. The standard InChI is InChI=1S/C19H29NO4/c1-4-5-6-18(21)20-14-19(9-11-24-12-10-19)15-7-8-16(22-2)17(13-15)23-3/h7-8,13H,4-6,9-12,14H2,1-3H3,(H,20,21).